The smallest absolute Gasteiger partial charge is 0.395 e. The molecular weight excluding hydrogens is 1730 g/mol. The number of hydrogen-bond acceptors (Lipinski definition) is 20. The largest absolute Gasteiger partial charge is 0.651 e. The Morgan fingerprint density at radius 1 is 0.155 bits per heavy atom. The van der Waals surface area contributed by atoms with Crippen LogP contribution in [0.5, 0.6) is 0 Å². The predicted octanol–water partition coefficient (Wildman–Crippen LogP) is 20.3. The lowest BCUT2D eigenvalue weighted by Gasteiger charge is -2.62. The van der Waals surface area contributed by atoms with E-state index in [1.54, 1.807) is 0 Å². The van der Waals surface area contributed by atoms with Crippen LogP contribution in [0.25, 0.3) is 0 Å². The minimum absolute atomic E-state index is 0.343. The highest BCUT2D eigenvalue weighted by Gasteiger charge is 2.93. The van der Waals surface area contributed by atoms with Crippen LogP contribution in [-0.2, 0) is 82.3 Å². The van der Waals surface area contributed by atoms with Crippen molar-refractivity contribution in [3.63, 3.8) is 0 Å². The molecule has 0 saturated carbocycles. The van der Waals surface area contributed by atoms with E-state index in [4.69, 9.17) is 82.3 Å². The summed E-state index contributed by atoms with van der Waals surface area (Å²) < 4.78 is 170. The van der Waals surface area contributed by atoms with Gasteiger partial charge in [0.15, 0.2) is 66.5 Å². The first kappa shape index (κ1) is 90.2. The summed E-state index contributed by atoms with van der Waals surface area (Å²) in [5, 5.41) is 0. The monoisotopic (exact) mass is 1850 g/mol. The molecule has 624 valence electrons. The second-order valence-electron chi connectivity index (χ2n) is 35.9. The lowest BCUT2D eigenvalue weighted by atomic mass is 10.2. The lowest BCUT2D eigenvalue weighted by molar-refractivity contribution is -0.130. The molecule has 8 atom stereocenters. The van der Waals surface area contributed by atoms with Gasteiger partial charge in [-0.2, -0.15) is 0 Å². The highest BCUT2D eigenvalue weighted by Crippen LogP contribution is 2.57. The van der Waals surface area contributed by atoms with Crippen molar-refractivity contribution in [1.82, 2.24) is 0 Å². The normalized spacial score (nSPS) is 28.2. The molecule has 0 amide bonds. The van der Waals surface area contributed by atoms with Gasteiger partial charge in [-0.15, -0.1) is 0 Å². The molecule has 8 bridgehead atoms. The zero-order valence-electron chi connectivity index (χ0n) is 71.9. The predicted molar refractivity (Wildman–Crippen MR) is 486 cm³/mol. The van der Waals surface area contributed by atoms with Gasteiger partial charge in [0.05, 0.1) is 0 Å². The summed E-state index contributed by atoms with van der Waals surface area (Å²) >= 11 is 0. The maximum atomic E-state index is 8.61. The molecular formula is C80H120O20Si16. The van der Waals surface area contributed by atoms with Gasteiger partial charge in [0.1, 0.15) is 0 Å². The van der Waals surface area contributed by atoms with Gasteiger partial charge < -0.3 is 82.3 Å². The highest BCUT2D eigenvalue weighted by molar-refractivity contribution is 7.05. The van der Waals surface area contributed by atoms with Crippen LogP contribution in [0, 0.1) is 0 Å². The van der Waals surface area contributed by atoms with Crippen LogP contribution < -0.4 is 0 Å². The number of rotatable bonds is 32. The fourth-order valence-corrected chi connectivity index (χ4v) is 90.2. The summed E-state index contributed by atoms with van der Waals surface area (Å²) in [6, 6.07) is 82.1. The molecule has 0 N–H and O–H groups in total. The molecule has 6 heterocycles. The number of hydrogen-bond donors (Lipinski definition) is 0. The third-order valence-electron chi connectivity index (χ3n) is 24.8. The average Bonchev–Trinajstić information content (AvgIpc) is 0.674. The van der Waals surface area contributed by atoms with Gasteiger partial charge in [-0.1, -0.05) is 298 Å². The lowest BCUT2D eigenvalue weighted by Crippen LogP contribution is -2.93. The molecule has 0 aliphatic carbocycles. The van der Waals surface area contributed by atoms with Crippen molar-refractivity contribution in [2.24, 2.45) is 0 Å². The van der Waals surface area contributed by atoms with Crippen molar-refractivity contribution in [3.05, 3.63) is 287 Å². The summed E-state index contributed by atoms with van der Waals surface area (Å²) in [6.45, 7) is 51.0. The van der Waals surface area contributed by atoms with Crippen LogP contribution in [0.4, 0.5) is 0 Å². The molecule has 6 saturated heterocycles. The van der Waals surface area contributed by atoms with Crippen LogP contribution in [0.3, 0.4) is 0 Å². The second kappa shape index (κ2) is 33.8. The molecule has 20 nitrogen and oxygen atoms in total. The maximum Gasteiger partial charge on any atom is 0.651 e. The van der Waals surface area contributed by atoms with E-state index in [-0.39, 0.29) is 44.3 Å². The molecule has 8 aromatic carbocycles. The van der Waals surface area contributed by atoms with Gasteiger partial charge in [0.25, 0.3) is 0 Å². The van der Waals surface area contributed by atoms with Crippen LogP contribution in [0.1, 0.15) is 144 Å². The summed E-state index contributed by atoms with van der Waals surface area (Å²) in [5.74, 6) is 0. The van der Waals surface area contributed by atoms with E-state index in [1.165, 1.54) is 0 Å². The van der Waals surface area contributed by atoms with Gasteiger partial charge in [-0.05, 0) is 194 Å². The molecule has 6 aliphatic heterocycles. The minimum atomic E-state index is -5.81. The molecule has 116 heavy (non-hydrogen) atoms. The topological polar surface area (TPSA) is 185 Å². The van der Waals surface area contributed by atoms with Crippen molar-refractivity contribution in [3.8, 4) is 0 Å². The molecule has 14 rings (SSSR count). The van der Waals surface area contributed by atoms with Crippen LogP contribution >= 0.6 is 0 Å². The van der Waals surface area contributed by atoms with Crippen molar-refractivity contribution in [2.45, 2.75) is 204 Å². The van der Waals surface area contributed by atoms with E-state index in [9.17, 15) is 0 Å². The second-order valence-corrected chi connectivity index (χ2v) is 92.8. The van der Waals surface area contributed by atoms with E-state index in [0.717, 1.165) is 44.5 Å². The standard InChI is InChI=1S/C80H120O20Si16/c1-65(73-49-33-25-34-50-73)101(9,10)81-109-89-110(82-102(11,12)66(2)74-51-35-26-36-52-74)92-113(85-105(17,18)69(5)77-57-41-29-42-58-77)94-111(90-109,83-103(13,14)67(3)75-53-37-27-38-54-75)96-115(87-107(21,22)71(7)79-61-45-31-46-62-79)97-112(91-109,84-104(15,16)68(4)76-55-39-28-40-56-76)95-114(93-110,86-106(19,20)70(6)78-59-43-30-44-60-78)99-116(98-113,100-115)88-108(23,24)72(8)80-63-47-32-48-64-80/h25-72H,1-24H3. The summed E-state index contributed by atoms with van der Waals surface area (Å²) in [5.41, 5.74) is 5.13. The third kappa shape index (κ3) is 19.5. The molecule has 6 fully saturated rings. The van der Waals surface area contributed by atoms with Crippen molar-refractivity contribution in [2.75, 3.05) is 0 Å². The van der Waals surface area contributed by atoms with Gasteiger partial charge in [-0.3, -0.25) is 0 Å². The Bertz CT molecular complexity index is 3670. The number of benzene rings is 8. The Kier molecular flexibility index (Phi) is 26.3. The Morgan fingerprint density at radius 3 is 0.310 bits per heavy atom. The first-order valence-electron chi connectivity index (χ1n) is 40.7. The molecule has 0 spiro atoms. The first-order chi connectivity index (χ1) is 54.3. The summed E-state index contributed by atoms with van der Waals surface area (Å²) in [4.78, 5) is 0. The Morgan fingerprint density at radius 2 is 0.233 bits per heavy atom. The molecule has 8 unspecified atom stereocenters. The van der Waals surface area contributed by atoms with Crippen LogP contribution in [-0.4, -0.2) is 139 Å². The molecule has 0 aromatic heterocycles. The highest BCUT2D eigenvalue weighted by atomic mass is 28.7. The van der Waals surface area contributed by atoms with Gasteiger partial charge in [0.2, 0.25) is 0 Å². The van der Waals surface area contributed by atoms with E-state index < -0.39 is 139 Å². The molecule has 8 aromatic rings. The van der Waals surface area contributed by atoms with E-state index in [1.807, 2.05) is 146 Å². The zero-order valence-corrected chi connectivity index (χ0v) is 87.9. The fourth-order valence-electron chi connectivity index (χ4n) is 15.3. The minimum Gasteiger partial charge on any atom is -0.395 e. The van der Waals surface area contributed by atoms with Gasteiger partial charge >= 0.3 is 72.4 Å². The van der Waals surface area contributed by atoms with Crippen LogP contribution in [0.15, 0.2) is 243 Å². The maximum absolute atomic E-state index is 8.61. The average molecular weight is 1850 g/mol. The van der Waals surface area contributed by atoms with Crippen molar-refractivity contribution >= 4 is 139 Å². The Balaban J connectivity index is 1.22. The Hall–Kier alpha value is -3.57. The zero-order chi connectivity index (χ0) is 83.7. The van der Waals surface area contributed by atoms with Gasteiger partial charge in [0, 0.05) is 0 Å². The third-order valence-corrected chi connectivity index (χ3v) is 93.0. The fraction of sp³-hybridized carbons (Fsp3) is 0.400. The SMILES string of the molecule is CC(c1ccccc1)[Si](C)(C)O[Si]12O[Si]3(O[Si](C)(C)C(C)c4ccccc4)O[Si]4(O[Si](C)(C)C(C)c5ccccc5)O[Si](O[Si](C)(C)C(C)c5ccccc5)(O1)O[Si]1(O[Si](C)(C)C(C)c5ccccc5)O[Si](O[Si](C)(C)C(C)c5ccccc5)(O2)O[Si](O[Si](C)(C)C(C)c2ccccc2)(O3)O[Si](O[Si](C)(C)C(C)c2ccccc2)(O4)O1. The molecule has 0 radical (unpaired) electrons. The first-order valence-corrected chi connectivity index (χ1v) is 77.6. The Labute approximate surface area is 707 Å². The van der Waals surface area contributed by atoms with E-state index in [2.05, 4.69) is 257 Å². The summed E-state index contributed by atoms with van der Waals surface area (Å²) in [7, 11) is -75.6. The van der Waals surface area contributed by atoms with Crippen molar-refractivity contribution in [1.29, 1.82) is 0 Å². The van der Waals surface area contributed by atoms with E-state index in [0.29, 0.717) is 0 Å². The van der Waals surface area contributed by atoms with Crippen LogP contribution in [0.2, 0.25) is 105 Å². The molecule has 6 aliphatic rings. The summed E-state index contributed by atoms with van der Waals surface area (Å²) in [6.07, 6.45) is 0. The quantitative estimate of drug-likeness (QED) is 0.0362. The molecule has 36 heteroatoms. The van der Waals surface area contributed by atoms with E-state index >= 15 is 0 Å². The van der Waals surface area contributed by atoms with Crippen molar-refractivity contribution < 1.29 is 82.3 Å². The van der Waals surface area contributed by atoms with Gasteiger partial charge in [-0.25, -0.2) is 0 Å².